The van der Waals surface area contributed by atoms with Gasteiger partial charge in [-0.05, 0) is 38.1 Å². The van der Waals surface area contributed by atoms with Crippen LogP contribution in [0.5, 0.6) is 5.75 Å². The van der Waals surface area contributed by atoms with Crippen molar-refractivity contribution in [1.29, 1.82) is 0 Å². The molecule has 26 heavy (non-hydrogen) atoms. The molecule has 0 aromatic heterocycles. The molecule has 1 heterocycles. The molecular weight excluding hydrogens is 338 g/mol. The van der Waals surface area contributed by atoms with Crippen molar-refractivity contribution >= 4 is 17.7 Å². The van der Waals surface area contributed by atoms with Crippen molar-refractivity contribution in [2.75, 3.05) is 38.6 Å². The third kappa shape index (κ3) is 9.09. The minimum absolute atomic E-state index is 0.271. The number of carbonyl (C=O) groups excluding carboxylic acids is 2. The van der Waals surface area contributed by atoms with Crippen molar-refractivity contribution < 1.29 is 19.1 Å². The molecule has 0 saturated carbocycles. The van der Waals surface area contributed by atoms with Gasteiger partial charge in [-0.15, -0.1) is 0 Å². The number of methoxy groups -OCH3 is 1. The number of nitrogens with one attached hydrogen (secondary N) is 2. The fraction of sp³-hybridized carbons (Fsp3) is 0.529. The number of hydrogen-bond acceptors (Lipinski definition) is 5. The minimum atomic E-state index is -0.569. The number of carbonyl (C=O) groups is 2. The number of benzene rings is 1. The Morgan fingerprint density at radius 2 is 1.73 bits per heavy atom. The molecule has 0 radical (unpaired) electrons. The van der Waals surface area contributed by atoms with Gasteiger partial charge in [0.2, 0.25) is 0 Å². The summed E-state index contributed by atoms with van der Waals surface area (Å²) in [5, 5.41) is 5.02. The summed E-state index contributed by atoms with van der Waals surface area (Å²) in [5.74, 6) is 0.741. The van der Waals surface area contributed by atoms with E-state index in [2.05, 4.69) is 29.4 Å². The number of primary amides is 2. The Balaban J connectivity index is 0.000000263. The first-order valence-corrected chi connectivity index (χ1v) is 8.41. The molecule has 1 fully saturated rings. The van der Waals surface area contributed by atoms with E-state index in [-0.39, 0.29) is 12.2 Å². The van der Waals surface area contributed by atoms with Crippen LogP contribution < -0.4 is 26.8 Å². The lowest BCUT2D eigenvalue weighted by Crippen LogP contribution is -2.48. The highest BCUT2D eigenvalue weighted by Crippen LogP contribution is 2.14. The maximum absolute atomic E-state index is 10.4. The summed E-state index contributed by atoms with van der Waals surface area (Å²) >= 11 is 0. The van der Waals surface area contributed by atoms with Crippen molar-refractivity contribution in [1.82, 2.24) is 10.2 Å². The van der Waals surface area contributed by atoms with E-state index in [4.69, 9.17) is 20.9 Å². The highest BCUT2D eigenvalue weighted by molar-refractivity contribution is 5.87. The molecule has 2 atom stereocenters. The lowest BCUT2D eigenvalue weighted by molar-refractivity contribution is -0.0672. The van der Waals surface area contributed by atoms with Gasteiger partial charge in [-0.2, -0.15) is 0 Å². The van der Waals surface area contributed by atoms with Gasteiger partial charge in [-0.25, -0.2) is 9.59 Å². The lowest BCUT2D eigenvalue weighted by Gasteiger charge is -2.35. The van der Waals surface area contributed by atoms with E-state index in [0.717, 1.165) is 25.4 Å². The number of rotatable bonds is 5. The molecule has 1 aromatic carbocycles. The fourth-order valence-electron chi connectivity index (χ4n) is 2.62. The third-order valence-corrected chi connectivity index (χ3v) is 3.58. The Morgan fingerprint density at radius 1 is 1.15 bits per heavy atom. The van der Waals surface area contributed by atoms with Gasteiger partial charge < -0.3 is 31.6 Å². The molecule has 0 spiro atoms. The van der Waals surface area contributed by atoms with Crippen LogP contribution in [0.4, 0.5) is 15.3 Å². The fourth-order valence-corrected chi connectivity index (χ4v) is 2.62. The molecule has 0 aliphatic carbocycles. The number of nitrogens with zero attached hydrogens (tertiary/aromatic N) is 1. The number of nitrogens with two attached hydrogens (primary N) is 2. The van der Waals surface area contributed by atoms with Crippen LogP contribution in [0, 0.1) is 0 Å². The molecule has 9 nitrogen and oxygen atoms in total. The first-order valence-electron chi connectivity index (χ1n) is 8.41. The molecule has 1 saturated heterocycles. The first kappa shape index (κ1) is 21.5. The number of urea groups is 2. The van der Waals surface area contributed by atoms with Crippen molar-refractivity contribution in [3.05, 3.63) is 24.3 Å². The molecule has 6 N–H and O–H groups in total. The van der Waals surface area contributed by atoms with E-state index in [0.29, 0.717) is 12.2 Å². The molecule has 1 aromatic rings. The van der Waals surface area contributed by atoms with Crippen LogP contribution in [0.1, 0.15) is 13.8 Å². The van der Waals surface area contributed by atoms with Crippen LogP contribution in [0.2, 0.25) is 0 Å². The van der Waals surface area contributed by atoms with E-state index >= 15 is 0 Å². The highest BCUT2D eigenvalue weighted by Gasteiger charge is 2.21. The molecule has 146 valence electrons. The Labute approximate surface area is 154 Å². The van der Waals surface area contributed by atoms with Gasteiger partial charge in [0.15, 0.2) is 0 Å². The van der Waals surface area contributed by atoms with Gasteiger partial charge in [-0.1, -0.05) is 0 Å². The summed E-state index contributed by atoms with van der Waals surface area (Å²) in [7, 11) is 1.58. The summed E-state index contributed by atoms with van der Waals surface area (Å²) < 4.78 is 10.5. The maximum Gasteiger partial charge on any atom is 0.316 e. The van der Waals surface area contributed by atoms with Gasteiger partial charge in [0, 0.05) is 31.9 Å². The Morgan fingerprint density at radius 3 is 2.19 bits per heavy atom. The zero-order chi connectivity index (χ0) is 19.5. The summed E-state index contributed by atoms with van der Waals surface area (Å²) in [5.41, 5.74) is 10.5. The van der Waals surface area contributed by atoms with E-state index in [1.165, 1.54) is 0 Å². The summed E-state index contributed by atoms with van der Waals surface area (Å²) in [4.78, 5) is 23.1. The van der Waals surface area contributed by atoms with Crippen LogP contribution in [0.25, 0.3) is 0 Å². The Bertz CT molecular complexity index is 557. The monoisotopic (exact) mass is 367 g/mol. The van der Waals surface area contributed by atoms with E-state index in [1.54, 1.807) is 31.4 Å². The highest BCUT2D eigenvalue weighted by atomic mass is 16.5. The largest absolute Gasteiger partial charge is 0.497 e. The number of ether oxygens (including phenoxy) is 2. The molecule has 2 rings (SSSR count). The molecule has 1 aliphatic heterocycles. The first-order chi connectivity index (χ1) is 12.3. The van der Waals surface area contributed by atoms with E-state index in [1.807, 2.05) is 0 Å². The van der Waals surface area contributed by atoms with Crippen LogP contribution in [-0.2, 0) is 4.74 Å². The second kappa shape index (κ2) is 11.2. The van der Waals surface area contributed by atoms with Crippen molar-refractivity contribution in [3.63, 3.8) is 0 Å². The molecule has 9 heteroatoms. The summed E-state index contributed by atoms with van der Waals surface area (Å²) in [6, 6.07) is 5.88. The zero-order valence-corrected chi connectivity index (χ0v) is 15.5. The molecule has 4 amide bonds. The predicted octanol–water partition coefficient (Wildman–Crippen LogP) is 0.950. The van der Waals surface area contributed by atoms with E-state index in [9.17, 15) is 9.59 Å². The van der Waals surface area contributed by atoms with Crippen LogP contribution >= 0.6 is 0 Å². The minimum Gasteiger partial charge on any atom is -0.497 e. The SMILES string of the molecule is CC1CN(CCNC(N)=O)CC(C)O1.COc1ccc(NC(N)=O)cc1. The smallest absolute Gasteiger partial charge is 0.316 e. The topological polar surface area (TPSA) is 132 Å². The predicted molar refractivity (Wildman–Crippen MR) is 100 cm³/mol. The van der Waals surface area contributed by atoms with Crippen molar-refractivity contribution in [2.45, 2.75) is 26.1 Å². The third-order valence-electron chi connectivity index (χ3n) is 3.58. The zero-order valence-electron chi connectivity index (χ0n) is 15.5. The van der Waals surface area contributed by atoms with Crippen molar-refractivity contribution in [3.8, 4) is 5.75 Å². The second-order valence-corrected chi connectivity index (χ2v) is 6.03. The molecule has 1 aliphatic rings. The van der Waals surface area contributed by atoms with Crippen LogP contribution in [-0.4, -0.2) is 62.5 Å². The van der Waals surface area contributed by atoms with Gasteiger partial charge in [0.05, 0.1) is 19.3 Å². The number of morpholine rings is 1. The van der Waals surface area contributed by atoms with Crippen molar-refractivity contribution in [2.24, 2.45) is 11.5 Å². The van der Waals surface area contributed by atoms with Gasteiger partial charge in [0.25, 0.3) is 0 Å². The van der Waals surface area contributed by atoms with Crippen LogP contribution in [0.3, 0.4) is 0 Å². The molecule has 2 unspecified atom stereocenters. The second-order valence-electron chi connectivity index (χ2n) is 6.03. The number of hydrogen-bond donors (Lipinski definition) is 4. The Kier molecular flexibility index (Phi) is 9.24. The molecular formula is C17H29N5O4. The standard InChI is InChI=1S/C9H19N3O2.C8H10N2O2/c1-7-5-12(6-8(2)14-7)4-3-11-9(10)13;1-12-7-4-2-6(3-5-7)10-8(9)11/h7-8H,3-6H2,1-2H3,(H3,10,11,13);2-5H,1H3,(H3,9,10,11). The van der Waals surface area contributed by atoms with E-state index < -0.39 is 12.1 Å². The van der Waals surface area contributed by atoms with Gasteiger partial charge in [0.1, 0.15) is 5.75 Å². The normalized spacial score (nSPS) is 19.7. The van der Waals surface area contributed by atoms with Crippen LogP contribution in [0.15, 0.2) is 24.3 Å². The Hall–Kier alpha value is -2.52. The average Bonchev–Trinajstić information content (AvgIpc) is 2.54. The number of amides is 4. The average molecular weight is 367 g/mol. The van der Waals surface area contributed by atoms with Gasteiger partial charge >= 0.3 is 12.1 Å². The van der Waals surface area contributed by atoms with Gasteiger partial charge in [-0.3, -0.25) is 4.90 Å². The molecule has 0 bridgehead atoms. The quantitative estimate of drug-likeness (QED) is 0.615. The summed E-state index contributed by atoms with van der Waals surface area (Å²) in [6.45, 7) is 7.40. The maximum atomic E-state index is 10.4. The lowest BCUT2D eigenvalue weighted by atomic mass is 10.2. The number of anilines is 1. The summed E-state index contributed by atoms with van der Waals surface area (Å²) in [6.07, 6.45) is 0.541.